The van der Waals surface area contributed by atoms with Crippen LogP contribution in [0, 0.1) is 0 Å². The summed E-state index contributed by atoms with van der Waals surface area (Å²) < 4.78 is 5.18. The Kier molecular flexibility index (Phi) is 7.22. The molecule has 2 aromatic carbocycles. The van der Waals surface area contributed by atoms with Gasteiger partial charge < -0.3 is 14.6 Å². The monoisotopic (exact) mass is 390 g/mol. The fourth-order valence-corrected chi connectivity index (χ4v) is 3.24. The van der Waals surface area contributed by atoms with Crippen LogP contribution in [0.2, 0.25) is 0 Å². The number of furan rings is 1. The van der Waals surface area contributed by atoms with Crippen LogP contribution in [0.5, 0.6) is 0 Å². The second-order valence-electron chi connectivity index (χ2n) is 6.85. The molecule has 1 heterocycles. The fraction of sp³-hybridized carbons (Fsp3) is 0.250. The van der Waals surface area contributed by atoms with E-state index in [4.69, 9.17) is 4.42 Å². The molecular weight excluding hydrogens is 364 g/mol. The number of hydrogen-bond donors (Lipinski definition) is 1. The van der Waals surface area contributed by atoms with Gasteiger partial charge in [0.05, 0.1) is 6.26 Å². The highest BCUT2D eigenvalue weighted by atomic mass is 16.3. The summed E-state index contributed by atoms with van der Waals surface area (Å²) in [6.07, 6.45) is 2.64. The van der Waals surface area contributed by atoms with E-state index in [1.807, 2.05) is 55.5 Å². The number of nitrogens with zero attached hydrogens (tertiary/aromatic N) is 1. The van der Waals surface area contributed by atoms with Crippen LogP contribution in [0.3, 0.4) is 0 Å². The molecule has 2 amide bonds. The number of amides is 2. The molecule has 1 aromatic heterocycles. The van der Waals surface area contributed by atoms with Gasteiger partial charge in [0.25, 0.3) is 5.91 Å². The largest absolute Gasteiger partial charge is 0.459 e. The minimum Gasteiger partial charge on any atom is -0.459 e. The van der Waals surface area contributed by atoms with Gasteiger partial charge in [0.15, 0.2) is 5.76 Å². The lowest BCUT2D eigenvalue weighted by Gasteiger charge is -2.27. The van der Waals surface area contributed by atoms with Crippen LogP contribution < -0.4 is 5.32 Å². The molecule has 0 saturated carbocycles. The molecule has 0 aliphatic rings. The number of likely N-dealkylation sites (N-methyl/N-ethyl adjacent to an activating group) is 1. The molecule has 0 radical (unpaired) electrons. The van der Waals surface area contributed by atoms with E-state index in [0.29, 0.717) is 19.5 Å². The lowest BCUT2D eigenvalue weighted by atomic mass is 10.0. The molecule has 0 spiro atoms. The minimum absolute atomic E-state index is 0.0906. The van der Waals surface area contributed by atoms with E-state index in [-0.39, 0.29) is 17.6 Å². The maximum atomic E-state index is 13.3. The normalized spacial score (nSPS) is 11.6. The molecule has 5 heteroatoms. The molecule has 150 valence electrons. The third-order valence-electron chi connectivity index (χ3n) is 4.84. The van der Waals surface area contributed by atoms with Gasteiger partial charge in [0.2, 0.25) is 5.91 Å². The third-order valence-corrected chi connectivity index (χ3v) is 4.84. The quantitative estimate of drug-likeness (QED) is 0.606. The van der Waals surface area contributed by atoms with Gasteiger partial charge in [0.1, 0.15) is 6.04 Å². The summed E-state index contributed by atoms with van der Waals surface area (Å²) in [4.78, 5) is 27.6. The SMILES string of the molecule is CCN(CCc1ccccc1)C(=O)C(Cc1ccccc1)NC(=O)c1ccco1. The molecule has 29 heavy (non-hydrogen) atoms. The standard InChI is InChI=1S/C24H26N2O3/c1-2-26(16-15-19-10-5-3-6-11-19)24(28)21(18-20-12-7-4-8-13-20)25-23(27)22-14-9-17-29-22/h3-14,17,21H,2,15-16,18H2,1H3,(H,25,27). The molecule has 3 rings (SSSR count). The van der Waals surface area contributed by atoms with Crippen LogP contribution in [-0.2, 0) is 17.6 Å². The number of carbonyl (C=O) groups excluding carboxylic acids is 2. The predicted octanol–water partition coefficient (Wildman–Crippen LogP) is 3.71. The van der Waals surface area contributed by atoms with E-state index in [1.165, 1.54) is 11.8 Å². The lowest BCUT2D eigenvalue weighted by molar-refractivity contribution is -0.133. The van der Waals surface area contributed by atoms with Crippen molar-refractivity contribution in [3.05, 3.63) is 95.9 Å². The maximum absolute atomic E-state index is 13.3. The Morgan fingerprint density at radius 3 is 2.17 bits per heavy atom. The zero-order valence-corrected chi connectivity index (χ0v) is 16.6. The Hall–Kier alpha value is -3.34. The van der Waals surface area contributed by atoms with Crippen molar-refractivity contribution in [2.45, 2.75) is 25.8 Å². The van der Waals surface area contributed by atoms with Gasteiger partial charge in [-0.05, 0) is 36.6 Å². The first-order valence-corrected chi connectivity index (χ1v) is 9.88. The molecular formula is C24H26N2O3. The van der Waals surface area contributed by atoms with Crippen molar-refractivity contribution in [2.24, 2.45) is 0 Å². The Morgan fingerprint density at radius 2 is 1.59 bits per heavy atom. The zero-order valence-electron chi connectivity index (χ0n) is 16.6. The first kappa shape index (κ1) is 20.4. The molecule has 0 bridgehead atoms. The molecule has 0 saturated heterocycles. The Balaban J connectivity index is 1.73. The summed E-state index contributed by atoms with van der Waals surface area (Å²) in [5, 5.41) is 2.86. The van der Waals surface area contributed by atoms with Crippen molar-refractivity contribution < 1.29 is 14.0 Å². The van der Waals surface area contributed by atoms with Crippen molar-refractivity contribution in [3.63, 3.8) is 0 Å². The van der Waals surface area contributed by atoms with E-state index in [0.717, 1.165) is 12.0 Å². The molecule has 1 atom stereocenters. The zero-order chi connectivity index (χ0) is 20.5. The van der Waals surface area contributed by atoms with Crippen molar-refractivity contribution in [2.75, 3.05) is 13.1 Å². The van der Waals surface area contributed by atoms with Crippen molar-refractivity contribution >= 4 is 11.8 Å². The summed E-state index contributed by atoms with van der Waals surface area (Å²) in [7, 11) is 0. The summed E-state index contributed by atoms with van der Waals surface area (Å²) >= 11 is 0. The summed E-state index contributed by atoms with van der Waals surface area (Å²) in [6, 6.07) is 22.4. The number of hydrogen-bond acceptors (Lipinski definition) is 3. The van der Waals surface area contributed by atoms with Crippen molar-refractivity contribution in [1.82, 2.24) is 10.2 Å². The van der Waals surface area contributed by atoms with Crippen LogP contribution >= 0.6 is 0 Å². The average Bonchev–Trinajstić information content (AvgIpc) is 3.30. The molecule has 1 N–H and O–H groups in total. The second-order valence-corrected chi connectivity index (χ2v) is 6.85. The highest BCUT2D eigenvalue weighted by Crippen LogP contribution is 2.10. The number of benzene rings is 2. The lowest BCUT2D eigenvalue weighted by Crippen LogP contribution is -2.50. The Bertz CT molecular complexity index is 892. The molecule has 3 aromatic rings. The van der Waals surface area contributed by atoms with Crippen LogP contribution in [0.1, 0.15) is 28.6 Å². The number of carbonyl (C=O) groups is 2. The topological polar surface area (TPSA) is 62.6 Å². The van der Waals surface area contributed by atoms with E-state index in [1.54, 1.807) is 17.0 Å². The van der Waals surface area contributed by atoms with E-state index in [9.17, 15) is 9.59 Å². The van der Waals surface area contributed by atoms with Crippen LogP contribution in [-0.4, -0.2) is 35.8 Å². The summed E-state index contributed by atoms with van der Waals surface area (Å²) in [6.45, 7) is 3.13. The Morgan fingerprint density at radius 1 is 0.931 bits per heavy atom. The van der Waals surface area contributed by atoms with Gasteiger partial charge in [-0.2, -0.15) is 0 Å². The highest BCUT2D eigenvalue weighted by molar-refractivity contribution is 5.95. The smallest absolute Gasteiger partial charge is 0.287 e. The minimum atomic E-state index is -0.661. The summed E-state index contributed by atoms with van der Waals surface area (Å²) in [5.74, 6) is -0.279. The van der Waals surface area contributed by atoms with Crippen molar-refractivity contribution in [3.8, 4) is 0 Å². The van der Waals surface area contributed by atoms with Crippen LogP contribution in [0.15, 0.2) is 83.5 Å². The van der Waals surface area contributed by atoms with Gasteiger partial charge >= 0.3 is 0 Å². The number of rotatable bonds is 9. The maximum Gasteiger partial charge on any atom is 0.287 e. The molecule has 0 fully saturated rings. The van der Waals surface area contributed by atoms with Crippen LogP contribution in [0.4, 0.5) is 0 Å². The van der Waals surface area contributed by atoms with Gasteiger partial charge in [-0.3, -0.25) is 9.59 Å². The summed E-state index contributed by atoms with van der Waals surface area (Å²) in [5.41, 5.74) is 2.17. The average molecular weight is 390 g/mol. The van der Waals surface area contributed by atoms with Crippen LogP contribution in [0.25, 0.3) is 0 Å². The molecule has 0 aliphatic heterocycles. The van der Waals surface area contributed by atoms with Gasteiger partial charge in [-0.25, -0.2) is 0 Å². The Labute approximate surface area is 171 Å². The first-order chi connectivity index (χ1) is 14.2. The molecule has 1 unspecified atom stereocenters. The van der Waals surface area contributed by atoms with Gasteiger partial charge in [-0.1, -0.05) is 60.7 Å². The third kappa shape index (κ3) is 5.82. The fourth-order valence-electron chi connectivity index (χ4n) is 3.24. The van der Waals surface area contributed by atoms with Crippen molar-refractivity contribution in [1.29, 1.82) is 0 Å². The molecule has 5 nitrogen and oxygen atoms in total. The second kappa shape index (κ2) is 10.3. The van der Waals surface area contributed by atoms with Gasteiger partial charge in [-0.15, -0.1) is 0 Å². The highest BCUT2D eigenvalue weighted by Gasteiger charge is 2.26. The van der Waals surface area contributed by atoms with E-state index >= 15 is 0 Å². The predicted molar refractivity (Wildman–Crippen MR) is 113 cm³/mol. The number of nitrogens with one attached hydrogen (secondary N) is 1. The first-order valence-electron chi connectivity index (χ1n) is 9.88. The van der Waals surface area contributed by atoms with E-state index in [2.05, 4.69) is 17.4 Å². The molecule has 0 aliphatic carbocycles. The van der Waals surface area contributed by atoms with Gasteiger partial charge in [0, 0.05) is 19.5 Å². The van der Waals surface area contributed by atoms with E-state index < -0.39 is 6.04 Å².